The van der Waals surface area contributed by atoms with Crippen LogP contribution in [0.2, 0.25) is 0 Å². The van der Waals surface area contributed by atoms with Crippen LogP contribution in [0.4, 0.5) is 5.82 Å². The van der Waals surface area contributed by atoms with Crippen LogP contribution < -0.4 is 10.1 Å². The van der Waals surface area contributed by atoms with Gasteiger partial charge in [-0.05, 0) is 55.5 Å². The monoisotopic (exact) mass is 489 g/mol. The Balaban J connectivity index is 1.48. The summed E-state index contributed by atoms with van der Waals surface area (Å²) < 4.78 is 22.5. The first-order valence-electron chi connectivity index (χ1n) is 11.0. The van der Waals surface area contributed by atoms with Crippen molar-refractivity contribution >= 4 is 23.7 Å². The van der Waals surface area contributed by atoms with Crippen molar-refractivity contribution in [2.75, 3.05) is 19.0 Å². The molecule has 2 heterocycles. The maximum atomic E-state index is 13.0. The van der Waals surface area contributed by atoms with Gasteiger partial charge >= 0.3 is 11.9 Å². The lowest BCUT2D eigenvalue weighted by atomic mass is 10.2. The minimum absolute atomic E-state index is 0.0188. The van der Waals surface area contributed by atoms with E-state index in [1.807, 2.05) is 18.2 Å². The largest absolute Gasteiger partial charge is 0.486 e. The molecule has 4 aromatic rings. The van der Waals surface area contributed by atoms with Crippen molar-refractivity contribution in [1.82, 2.24) is 9.78 Å². The van der Waals surface area contributed by atoms with E-state index in [4.69, 9.17) is 13.9 Å². The van der Waals surface area contributed by atoms with Crippen LogP contribution in [0.5, 0.6) is 5.75 Å². The number of carbonyl (C=O) groups is 3. The molecule has 10 heteroatoms. The van der Waals surface area contributed by atoms with E-state index >= 15 is 0 Å². The number of anilines is 1. The maximum Gasteiger partial charge on any atom is 0.343 e. The fourth-order valence-corrected chi connectivity index (χ4v) is 3.30. The average molecular weight is 489 g/mol. The minimum atomic E-state index is -0.610. The van der Waals surface area contributed by atoms with Gasteiger partial charge in [0.15, 0.2) is 11.6 Å². The third-order valence-corrected chi connectivity index (χ3v) is 5.04. The van der Waals surface area contributed by atoms with Crippen LogP contribution in [-0.4, -0.2) is 41.3 Å². The van der Waals surface area contributed by atoms with Crippen LogP contribution in [0.25, 0.3) is 5.69 Å². The Kier molecular flexibility index (Phi) is 7.45. The van der Waals surface area contributed by atoms with E-state index in [2.05, 4.69) is 15.2 Å². The molecule has 0 saturated heterocycles. The number of methoxy groups -OCH3 is 1. The highest BCUT2D eigenvalue weighted by Crippen LogP contribution is 2.23. The summed E-state index contributed by atoms with van der Waals surface area (Å²) >= 11 is 0. The zero-order valence-electron chi connectivity index (χ0n) is 19.6. The highest BCUT2D eigenvalue weighted by atomic mass is 16.5. The number of furan rings is 1. The van der Waals surface area contributed by atoms with E-state index in [-0.39, 0.29) is 30.4 Å². The second-order valence-corrected chi connectivity index (χ2v) is 7.40. The van der Waals surface area contributed by atoms with Gasteiger partial charge in [0.1, 0.15) is 23.7 Å². The van der Waals surface area contributed by atoms with Gasteiger partial charge in [0, 0.05) is 0 Å². The van der Waals surface area contributed by atoms with E-state index in [1.54, 1.807) is 49.4 Å². The van der Waals surface area contributed by atoms with E-state index in [9.17, 15) is 14.4 Å². The number of benzene rings is 2. The molecule has 0 bridgehead atoms. The van der Waals surface area contributed by atoms with Gasteiger partial charge in [-0.2, -0.15) is 5.10 Å². The number of carbonyl (C=O) groups excluding carboxylic acids is 3. The number of nitrogens with zero attached hydrogens (tertiary/aromatic N) is 2. The van der Waals surface area contributed by atoms with Gasteiger partial charge in [-0.15, -0.1) is 0 Å². The number of aromatic nitrogens is 2. The first-order chi connectivity index (χ1) is 17.5. The number of rotatable bonds is 9. The van der Waals surface area contributed by atoms with E-state index in [0.29, 0.717) is 22.8 Å². The number of para-hydroxylation sites is 1. The Morgan fingerprint density at radius 3 is 2.42 bits per heavy atom. The molecule has 1 N–H and O–H groups in total. The summed E-state index contributed by atoms with van der Waals surface area (Å²) in [6.07, 6.45) is 1.34. The van der Waals surface area contributed by atoms with Gasteiger partial charge in [0.05, 0.1) is 31.2 Å². The van der Waals surface area contributed by atoms with Crippen LogP contribution in [0.3, 0.4) is 0 Å². The van der Waals surface area contributed by atoms with Gasteiger partial charge in [0.25, 0.3) is 5.91 Å². The summed E-state index contributed by atoms with van der Waals surface area (Å²) in [5.41, 5.74) is 1.16. The Hall–Kier alpha value is -4.86. The highest BCUT2D eigenvalue weighted by molar-refractivity contribution is 6.06. The molecule has 0 unspecified atom stereocenters. The zero-order chi connectivity index (χ0) is 25.5. The third-order valence-electron chi connectivity index (χ3n) is 5.04. The van der Waals surface area contributed by atoms with Gasteiger partial charge in [0.2, 0.25) is 0 Å². The first kappa shape index (κ1) is 24.3. The van der Waals surface area contributed by atoms with Crippen molar-refractivity contribution in [3.05, 3.63) is 95.6 Å². The van der Waals surface area contributed by atoms with Crippen molar-refractivity contribution in [3.8, 4) is 11.4 Å². The summed E-state index contributed by atoms with van der Waals surface area (Å²) in [4.78, 5) is 36.9. The predicted molar refractivity (Wildman–Crippen MR) is 128 cm³/mol. The van der Waals surface area contributed by atoms with Crippen LogP contribution in [0, 0.1) is 0 Å². The maximum absolute atomic E-state index is 13.0. The molecule has 10 nitrogen and oxygen atoms in total. The molecule has 4 rings (SSSR count). The average Bonchev–Trinajstić information content (AvgIpc) is 3.55. The van der Waals surface area contributed by atoms with Gasteiger partial charge in [-0.25, -0.2) is 14.3 Å². The Bertz CT molecular complexity index is 1360. The van der Waals surface area contributed by atoms with Gasteiger partial charge in [-0.1, -0.05) is 18.2 Å². The molecule has 2 aromatic carbocycles. The lowest BCUT2D eigenvalue weighted by Crippen LogP contribution is -2.17. The lowest BCUT2D eigenvalue weighted by molar-refractivity contribution is 0.0526. The van der Waals surface area contributed by atoms with Crippen molar-refractivity contribution in [2.24, 2.45) is 0 Å². The van der Waals surface area contributed by atoms with E-state index < -0.39 is 17.8 Å². The second kappa shape index (κ2) is 11.0. The summed E-state index contributed by atoms with van der Waals surface area (Å²) in [6.45, 7) is 1.92. The quantitative estimate of drug-likeness (QED) is 0.346. The van der Waals surface area contributed by atoms with Crippen LogP contribution >= 0.6 is 0 Å². The summed E-state index contributed by atoms with van der Waals surface area (Å²) in [5, 5.41) is 6.95. The number of esters is 2. The van der Waals surface area contributed by atoms with E-state index in [1.165, 1.54) is 24.1 Å². The van der Waals surface area contributed by atoms with Gasteiger partial charge in [-0.3, -0.25) is 4.79 Å². The molecule has 0 spiro atoms. The van der Waals surface area contributed by atoms with Gasteiger partial charge < -0.3 is 23.9 Å². The molecule has 0 atom stereocenters. The molecular weight excluding hydrogens is 466 g/mol. The fourth-order valence-electron chi connectivity index (χ4n) is 3.30. The van der Waals surface area contributed by atoms with E-state index in [0.717, 1.165) is 0 Å². The zero-order valence-corrected chi connectivity index (χ0v) is 19.6. The highest BCUT2D eigenvalue weighted by Gasteiger charge is 2.23. The molecule has 36 heavy (non-hydrogen) atoms. The summed E-state index contributed by atoms with van der Waals surface area (Å²) in [7, 11) is 1.31. The molecule has 0 fully saturated rings. The van der Waals surface area contributed by atoms with Crippen molar-refractivity contribution < 1.29 is 33.0 Å². The number of hydrogen-bond acceptors (Lipinski definition) is 8. The normalized spacial score (nSPS) is 10.5. The molecule has 0 aliphatic carbocycles. The molecule has 1 amide bonds. The fraction of sp³-hybridized carbons (Fsp3) is 0.154. The molecule has 0 saturated carbocycles. The standard InChI is InChI=1S/C26H23N3O7/c1-3-34-26(32)21-15-27-29(18-7-5-4-6-8-18)23(21)28-24(30)22-14-13-20(36-22)16-35-19-11-9-17(10-12-19)25(31)33-2/h4-15H,3,16H2,1-2H3,(H,28,30). The topological polar surface area (TPSA) is 122 Å². The van der Waals surface area contributed by atoms with Crippen molar-refractivity contribution in [3.63, 3.8) is 0 Å². The smallest absolute Gasteiger partial charge is 0.343 e. The predicted octanol–water partition coefficient (Wildman–Crippen LogP) is 4.26. The number of hydrogen-bond donors (Lipinski definition) is 1. The van der Waals surface area contributed by atoms with Crippen LogP contribution in [0.1, 0.15) is 44.0 Å². The molecule has 0 radical (unpaired) electrons. The Morgan fingerprint density at radius 1 is 0.972 bits per heavy atom. The van der Waals surface area contributed by atoms with Crippen LogP contribution in [0.15, 0.2) is 77.3 Å². The second-order valence-electron chi connectivity index (χ2n) is 7.40. The first-order valence-corrected chi connectivity index (χ1v) is 11.0. The Morgan fingerprint density at radius 2 is 1.72 bits per heavy atom. The molecule has 0 aliphatic rings. The minimum Gasteiger partial charge on any atom is -0.486 e. The molecular formula is C26H23N3O7. The van der Waals surface area contributed by atoms with Crippen molar-refractivity contribution in [2.45, 2.75) is 13.5 Å². The number of ether oxygens (including phenoxy) is 3. The summed E-state index contributed by atoms with van der Waals surface area (Å²) in [6, 6.07) is 18.6. The molecule has 0 aliphatic heterocycles. The molecule has 184 valence electrons. The number of nitrogens with one attached hydrogen (secondary N) is 1. The SMILES string of the molecule is CCOC(=O)c1cnn(-c2ccccc2)c1NC(=O)c1ccc(COc2ccc(C(=O)OC)cc2)o1. The number of amides is 1. The third kappa shape index (κ3) is 5.44. The summed E-state index contributed by atoms with van der Waals surface area (Å²) in [5.74, 6) is -0.540. The lowest BCUT2D eigenvalue weighted by Gasteiger charge is -2.10. The van der Waals surface area contributed by atoms with Crippen molar-refractivity contribution in [1.29, 1.82) is 0 Å². The Labute approximate surface area is 206 Å². The molecule has 2 aromatic heterocycles. The van der Waals surface area contributed by atoms with Crippen LogP contribution in [-0.2, 0) is 16.1 Å².